The molecule has 0 aliphatic heterocycles. The second-order valence-corrected chi connectivity index (χ2v) is 4.61. The van der Waals surface area contributed by atoms with Crippen molar-refractivity contribution >= 4 is 22.6 Å². The van der Waals surface area contributed by atoms with Crippen molar-refractivity contribution in [2.24, 2.45) is 0 Å². The van der Waals surface area contributed by atoms with E-state index in [0.29, 0.717) is 6.61 Å². The zero-order valence-electron chi connectivity index (χ0n) is 12.2. The largest absolute Gasteiger partial charge is 0.492 e. The van der Waals surface area contributed by atoms with Gasteiger partial charge in [-0.3, -0.25) is 9.59 Å². The van der Waals surface area contributed by atoms with E-state index in [1.807, 2.05) is 42.5 Å². The molecule has 0 spiro atoms. The van der Waals surface area contributed by atoms with E-state index >= 15 is 0 Å². The molecule has 0 aliphatic carbocycles. The molecule has 2 rings (SSSR count). The number of nitrogens with one attached hydrogen (secondary N) is 2. The zero-order chi connectivity index (χ0) is 15.8. The molecule has 0 unspecified atom stereocenters. The molecule has 0 aromatic heterocycles. The number of ether oxygens (including phenoxy) is 1. The normalized spacial score (nSPS) is 10.0. The molecule has 0 bridgehead atoms. The predicted octanol–water partition coefficient (Wildman–Crippen LogP) is 1.64. The summed E-state index contributed by atoms with van der Waals surface area (Å²) >= 11 is 0. The van der Waals surface area contributed by atoms with Gasteiger partial charge in [0.15, 0.2) is 0 Å². The van der Waals surface area contributed by atoms with Crippen molar-refractivity contribution in [3.8, 4) is 5.75 Å². The highest BCUT2D eigenvalue weighted by Crippen LogP contribution is 2.20. The Bertz CT molecular complexity index is 682. The molecule has 0 saturated heterocycles. The van der Waals surface area contributed by atoms with E-state index in [4.69, 9.17) is 4.74 Å². The average molecular weight is 298 g/mol. The van der Waals surface area contributed by atoms with Crippen LogP contribution >= 0.6 is 0 Å². The lowest BCUT2D eigenvalue weighted by atomic mass is 10.1. The Morgan fingerprint density at radius 1 is 1.05 bits per heavy atom. The smallest absolute Gasteiger partial charge is 0.309 e. The first-order chi connectivity index (χ1) is 10.7. The molecule has 2 aromatic carbocycles. The average Bonchev–Trinajstić information content (AvgIpc) is 2.56. The van der Waals surface area contributed by atoms with E-state index in [-0.39, 0.29) is 13.1 Å². The van der Waals surface area contributed by atoms with Gasteiger partial charge in [-0.25, -0.2) is 0 Å². The molecule has 0 heterocycles. The number of rotatable bonds is 6. The first kappa shape index (κ1) is 15.6. The standard InChI is InChI=1S/C17H18N2O3/c1-2-9-18-16(20)17(21)19-10-11-22-15-8-7-13-5-3-4-6-14(13)12-15/h2-8,12H,1,9-11H2,(H,18,20)(H,19,21). The lowest BCUT2D eigenvalue weighted by Gasteiger charge is -2.08. The highest BCUT2D eigenvalue weighted by molar-refractivity contribution is 6.35. The van der Waals surface area contributed by atoms with Gasteiger partial charge in [0.1, 0.15) is 12.4 Å². The zero-order valence-corrected chi connectivity index (χ0v) is 12.2. The first-order valence-electron chi connectivity index (χ1n) is 6.99. The number of benzene rings is 2. The van der Waals surface area contributed by atoms with Crippen LogP contribution in [0, 0.1) is 0 Å². The quantitative estimate of drug-likeness (QED) is 0.484. The van der Waals surface area contributed by atoms with Crippen LogP contribution in [0.2, 0.25) is 0 Å². The Balaban J connectivity index is 1.77. The van der Waals surface area contributed by atoms with Gasteiger partial charge in [0.25, 0.3) is 0 Å². The fourth-order valence-electron chi connectivity index (χ4n) is 1.92. The number of hydrogen-bond acceptors (Lipinski definition) is 3. The van der Waals surface area contributed by atoms with Crippen molar-refractivity contribution in [2.75, 3.05) is 19.7 Å². The van der Waals surface area contributed by atoms with Gasteiger partial charge in [-0.1, -0.05) is 36.4 Å². The van der Waals surface area contributed by atoms with Crippen molar-refractivity contribution in [2.45, 2.75) is 0 Å². The summed E-state index contributed by atoms with van der Waals surface area (Å²) in [6.07, 6.45) is 1.51. The first-order valence-corrected chi connectivity index (χ1v) is 6.99. The molecule has 0 radical (unpaired) electrons. The van der Waals surface area contributed by atoms with E-state index in [2.05, 4.69) is 17.2 Å². The maximum absolute atomic E-state index is 11.4. The topological polar surface area (TPSA) is 67.4 Å². The second kappa shape index (κ2) is 7.83. The van der Waals surface area contributed by atoms with Crippen LogP contribution in [0.1, 0.15) is 0 Å². The summed E-state index contributed by atoms with van der Waals surface area (Å²) in [5.74, 6) is -0.626. The maximum atomic E-state index is 11.4. The lowest BCUT2D eigenvalue weighted by Crippen LogP contribution is -2.41. The minimum Gasteiger partial charge on any atom is -0.492 e. The summed E-state index contributed by atoms with van der Waals surface area (Å²) < 4.78 is 5.56. The highest BCUT2D eigenvalue weighted by atomic mass is 16.5. The lowest BCUT2D eigenvalue weighted by molar-refractivity contribution is -0.139. The van der Waals surface area contributed by atoms with Crippen LogP contribution in [0.5, 0.6) is 5.75 Å². The SMILES string of the molecule is C=CCNC(=O)C(=O)NCCOc1ccc2ccccc2c1. The van der Waals surface area contributed by atoms with E-state index in [1.54, 1.807) is 0 Å². The summed E-state index contributed by atoms with van der Waals surface area (Å²) in [4.78, 5) is 22.7. The minimum atomic E-state index is -0.677. The molecule has 2 amide bonds. The molecule has 0 saturated carbocycles. The number of carbonyl (C=O) groups is 2. The van der Waals surface area contributed by atoms with Gasteiger partial charge < -0.3 is 15.4 Å². The van der Waals surface area contributed by atoms with Crippen LogP contribution in [-0.4, -0.2) is 31.5 Å². The molecule has 22 heavy (non-hydrogen) atoms. The monoisotopic (exact) mass is 298 g/mol. The van der Waals surface area contributed by atoms with Gasteiger partial charge in [0.05, 0.1) is 6.54 Å². The van der Waals surface area contributed by atoms with Crippen molar-refractivity contribution in [1.82, 2.24) is 10.6 Å². The van der Waals surface area contributed by atoms with E-state index < -0.39 is 11.8 Å². The van der Waals surface area contributed by atoms with Crippen LogP contribution < -0.4 is 15.4 Å². The summed E-state index contributed by atoms with van der Waals surface area (Å²) in [5, 5.41) is 7.12. The Morgan fingerprint density at radius 2 is 1.77 bits per heavy atom. The molecule has 2 N–H and O–H groups in total. The van der Waals surface area contributed by atoms with E-state index in [0.717, 1.165) is 16.5 Å². The third-order valence-corrected chi connectivity index (χ3v) is 2.99. The van der Waals surface area contributed by atoms with Crippen molar-refractivity contribution in [3.63, 3.8) is 0 Å². The summed E-state index contributed by atoms with van der Waals surface area (Å²) in [7, 11) is 0. The summed E-state index contributed by atoms with van der Waals surface area (Å²) in [6.45, 7) is 4.27. The van der Waals surface area contributed by atoms with Gasteiger partial charge in [-0.05, 0) is 22.9 Å². The Kier molecular flexibility index (Phi) is 5.54. The molecule has 0 aliphatic rings. The number of hydrogen-bond donors (Lipinski definition) is 2. The number of carbonyl (C=O) groups excluding carboxylic acids is 2. The van der Waals surface area contributed by atoms with Crippen LogP contribution in [0.15, 0.2) is 55.1 Å². The van der Waals surface area contributed by atoms with Gasteiger partial charge in [-0.2, -0.15) is 0 Å². The minimum absolute atomic E-state index is 0.257. The van der Waals surface area contributed by atoms with Crippen LogP contribution in [0.3, 0.4) is 0 Å². The Morgan fingerprint density at radius 3 is 2.55 bits per heavy atom. The van der Waals surface area contributed by atoms with Crippen molar-refractivity contribution < 1.29 is 14.3 Å². The van der Waals surface area contributed by atoms with Crippen LogP contribution in [-0.2, 0) is 9.59 Å². The van der Waals surface area contributed by atoms with Crippen molar-refractivity contribution in [1.29, 1.82) is 0 Å². The predicted molar refractivity (Wildman–Crippen MR) is 85.7 cm³/mol. The molecule has 0 atom stereocenters. The summed E-state index contributed by atoms with van der Waals surface area (Å²) in [6, 6.07) is 13.8. The van der Waals surface area contributed by atoms with E-state index in [9.17, 15) is 9.59 Å². The van der Waals surface area contributed by atoms with Gasteiger partial charge in [0, 0.05) is 6.54 Å². The van der Waals surface area contributed by atoms with E-state index in [1.165, 1.54) is 6.08 Å². The fourth-order valence-corrected chi connectivity index (χ4v) is 1.92. The number of fused-ring (bicyclic) bond motifs is 1. The second-order valence-electron chi connectivity index (χ2n) is 4.61. The molecule has 5 nitrogen and oxygen atoms in total. The van der Waals surface area contributed by atoms with Crippen LogP contribution in [0.4, 0.5) is 0 Å². The molecule has 114 valence electrons. The molecule has 5 heteroatoms. The van der Waals surface area contributed by atoms with Gasteiger partial charge in [-0.15, -0.1) is 6.58 Å². The molecular formula is C17H18N2O3. The van der Waals surface area contributed by atoms with Crippen LogP contribution in [0.25, 0.3) is 10.8 Å². The molecule has 0 fully saturated rings. The fraction of sp³-hybridized carbons (Fsp3) is 0.176. The Labute approximate surface area is 129 Å². The molecular weight excluding hydrogens is 280 g/mol. The third kappa shape index (κ3) is 4.34. The number of amides is 2. The Hall–Kier alpha value is -2.82. The highest BCUT2D eigenvalue weighted by Gasteiger charge is 2.10. The third-order valence-electron chi connectivity index (χ3n) is 2.99. The van der Waals surface area contributed by atoms with Gasteiger partial charge >= 0.3 is 11.8 Å². The summed E-state index contributed by atoms with van der Waals surface area (Å²) in [5.41, 5.74) is 0. The maximum Gasteiger partial charge on any atom is 0.309 e. The van der Waals surface area contributed by atoms with Gasteiger partial charge in [0.2, 0.25) is 0 Å². The molecule has 2 aromatic rings. The van der Waals surface area contributed by atoms with Crippen molar-refractivity contribution in [3.05, 3.63) is 55.1 Å².